The first-order valence-corrected chi connectivity index (χ1v) is 8.51. The Morgan fingerprint density at radius 2 is 2.16 bits per heavy atom. The minimum atomic E-state index is -0.299. The van der Waals surface area contributed by atoms with Gasteiger partial charge in [-0.2, -0.15) is 0 Å². The molecule has 7 heteroatoms. The smallest absolute Gasteiger partial charge is 0.326 e. The number of fused-ring (bicyclic) bond motifs is 1. The first-order chi connectivity index (χ1) is 12.1. The summed E-state index contributed by atoms with van der Waals surface area (Å²) in [6.45, 7) is 3.91. The number of benzene rings is 1. The maximum Gasteiger partial charge on any atom is 0.326 e. The summed E-state index contributed by atoms with van der Waals surface area (Å²) in [4.78, 5) is 30.8. The number of carbonyl (C=O) groups excluding carboxylic acids is 2. The molecule has 1 saturated heterocycles. The van der Waals surface area contributed by atoms with E-state index in [4.69, 9.17) is 14.5 Å². The first-order valence-electron chi connectivity index (χ1n) is 8.51. The SMILES string of the molecule is CCOC(=O)Cn1c([C@H]2CC(=O)N(CCOC)C2)nc2ccccc21. The second-order valence-electron chi connectivity index (χ2n) is 6.08. The number of esters is 1. The van der Waals surface area contributed by atoms with Crippen LogP contribution in [0, 0.1) is 0 Å². The van der Waals surface area contributed by atoms with Crippen LogP contribution in [0.1, 0.15) is 25.1 Å². The van der Waals surface area contributed by atoms with Gasteiger partial charge in [0.2, 0.25) is 5.91 Å². The summed E-state index contributed by atoms with van der Waals surface area (Å²) >= 11 is 0. The fourth-order valence-electron chi connectivity index (χ4n) is 3.27. The predicted octanol–water partition coefficient (Wildman–Crippen LogP) is 1.56. The van der Waals surface area contributed by atoms with E-state index in [-0.39, 0.29) is 24.3 Å². The molecular formula is C18H23N3O4. The summed E-state index contributed by atoms with van der Waals surface area (Å²) in [5, 5.41) is 0. The molecule has 0 spiro atoms. The van der Waals surface area contributed by atoms with E-state index in [1.165, 1.54) is 0 Å². The van der Waals surface area contributed by atoms with Crippen molar-refractivity contribution in [2.75, 3.05) is 33.4 Å². The quantitative estimate of drug-likeness (QED) is 0.712. The molecule has 0 saturated carbocycles. The molecule has 2 aromatic rings. The van der Waals surface area contributed by atoms with Crippen LogP contribution in [0.4, 0.5) is 0 Å². The molecule has 134 valence electrons. The third-order valence-electron chi connectivity index (χ3n) is 4.42. The maximum absolute atomic E-state index is 12.3. The lowest BCUT2D eigenvalue weighted by atomic mass is 10.1. The Balaban J connectivity index is 1.90. The summed E-state index contributed by atoms with van der Waals surface area (Å²) in [5.41, 5.74) is 1.71. The van der Waals surface area contributed by atoms with Crippen molar-refractivity contribution >= 4 is 22.9 Å². The Morgan fingerprint density at radius 3 is 2.92 bits per heavy atom. The first kappa shape index (κ1) is 17.4. The number of amides is 1. The number of nitrogens with zero attached hydrogens (tertiary/aromatic N) is 3. The molecule has 3 rings (SSSR count). The summed E-state index contributed by atoms with van der Waals surface area (Å²) < 4.78 is 12.0. The highest BCUT2D eigenvalue weighted by molar-refractivity contribution is 5.82. The van der Waals surface area contributed by atoms with Gasteiger partial charge >= 0.3 is 5.97 Å². The fourth-order valence-corrected chi connectivity index (χ4v) is 3.27. The highest BCUT2D eigenvalue weighted by Gasteiger charge is 2.34. The van der Waals surface area contributed by atoms with Crippen LogP contribution in [0.15, 0.2) is 24.3 Å². The molecule has 0 aliphatic carbocycles. The molecule has 0 bridgehead atoms. The number of hydrogen-bond acceptors (Lipinski definition) is 5. The highest BCUT2D eigenvalue weighted by atomic mass is 16.5. The zero-order valence-electron chi connectivity index (χ0n) is 14.6. The lowest BCUT2D eigenvalue weighted by molar-refractivity contribution is -0.143. The number of methoxy groups -OCH3 is 1. The summed E-state index contributed by atoms with van der Waals surface area (Å²) in [6, 6.07) is 7.68. The molecular weight excluding hydrogens is 322 g/mol. The van der Waals surface area contributed by atoms with Crippen molar-refractivity contribution in [2.45, 2.75) is 25.8 Å². The molecule has 7 nitrogen and oxygen atoms in total. The topological polar surface area (TPSA) is 73.7 Å². The number of hydrogen-bond donors (Lipinski definition) is 0. The summed E-state index contributed by atoms with van der Waals surface area (Å²) in [5.74, 6) is 0.526. The van der Waals surface area contributed by atoms with Crippen LogP contribution in [0.2, 0.25) is 0 Å². The summed E-state index contributed by atoms with van der Waals surface area (Å²) in [6.07, 6.45) is 0.399. The Labute approximate surface area is 146 Å². The van der Waals surface area contributed by atoms with Gasteiger partial charge in [-0.05, 0) is 19.1 Å². The average Bonchev–Trinajstić information content (AvgIpc) is 3.14. The minimum Gasteiger partial charge on any atom is -0.465 e. The second-order valence-corrected chi connectivity index (χ2v) is 6.08. The zero-order valence-corrected chi connectivity index (χ0v) is 14.6. The fraction of sp³-hybridized carbons (Fsp3) is 0.500. The molecule has 1 aromatic heterocycles. The van der Waals surface area contributed by atoms with Crippen LogP contribution in [0.5, 0.6) is 0 Å². The van der Waals surface area contributed by atoms with Gasteiger partial charge in [-0.3, -0.25) is 9.59 Å². The van der Waals surface area contributed by atoms with Crippen LogP contribution in [0.25, 0.3) is 11.0 Å². The largest absolute Gasteiger partial charge is 0.465 e. The Hall–Kier alpha value is -2.41. The van der Waals surface area contributed by atoms with E-state index in [2.05, 4.69) is 0 Å². The number of ether oxygens (including phenoxy) is 2. The van der Waals surface area contributed by atoms with Gasteiger partial charge in [0.15, 0.2) is 0 Å². The van der Waals surface area contributed by atoms with Crippen molar-refractivity contribution in [3.05, 3.63) is 30.1 Å². The lowest BCUT2D eigenvalue weighted by Gasteiger charge is -2.16. The third kappa shape index (κ3) is 3.66. The third-order valence-corrected chi connectivity index (χ3v) is 4.42. The van der Waals surface area contributed by atoms with Gasteiger partial charge in [-0.15, -0.1) is 0 Å². The average molecular weight is 345 g/mol. The van der Waals surface area contributed by atoms with Gasteiger partial charge in [-0.25, -0.2) is 4.98 Å². The van der Waals surface area contributed by atoms with E-state index in [0.717, 1.165) is 16.9 Å². The number of imidazole rings is 1. The standard InChI is InChI=1S/C18H23N3O4/c1-3-25-17(23)12-21-15-7-5-4-6-14(15)19-18(21)13-10-16(22)20(11-13)8-9-24-2/h4-7,13H,3,8-12H2,1-2H3/t13-/m0/s1. The van der Waals surface area contributed by atoms with E-state index < -0.39 is 0 Å². The van der Waals surface area contributed by atoms with Crippen molar-refractivity contribution in [1.82, 2.24) is 14.5 Å². The van der Waals surface area contributed by atoms with E-state index in [0.29, 0.717) is 32.7 Å². The van der Waals surface area contributed by atoms with Gasteiger partial charge in [0.25, 0.3) is 0 Å². The van der Waals surface area contributed by atoms with Gasteiger partial charge < -0.3 is 18.9 Å². The molecule has 0 radical (unpaired) electrons. The van der Waals surface area contributed by atoms with Crippen LogP contribution >= 0.6 is 0 Å². The van der Waals surface area contributed by atoms with Gasteiger partial charge in [0.1, 0.15) is 12.4 Å². The number of rotatable bonds is 7. The summed E-state index contributed by atoms with van der Waals surface area (Å²) in [7, 11) is 1.62. The second kappa shape index (κ2) is 7.65. The van der Waals surface area contributed by atoms with Crippen LogP contribution in [0.3, 0.4) is 0 Å². The highest BCUT2D eigenvalue weighted by Crippen LogP contribution is 2.30. The Morgan fingerprint density at radius 1 is 1.36 bits per heavy atom. The molecule has 1 atom stereocenters. The molecule has 2 heterocycles. The number of para-hydroxylation sites is 2. The molecule has 1 amide bonds. The van der Waals surface area contributed by atoms with Crippen LogP contribution < -0.4 is 0 Å². The van der Waals surface area contributed by atoms with Gasteiger partial charge in [0, 0.05) is 32.5 Å². The Bertz CT molecular complexity index is 771. The number of likely N-dealkylation sites (tertiary alicyclic amines) is 1. The molecule has 0 N–H and O–H groups in total. The predicted molar refractivity (Wildman–Crippen MR) is 92.2 cm³/mol. The molecule has 25 heavy (non-hydrogen) atoms. The van der Waals surface area contributed by atoms with E-state index in [1.54, 1.807) is 18.9 Å². The van der Waals surface area contributed by atoms with Gasteiger partial charge in [-0.1, -0.05) is 12.1 Å². The van der Waals surface area contributed by atoms with Gasteiger partial charge in [0.05, 0.1) is 24.2 Å². The molecule has 0 unspecified atom stereocenters. The number of aromatic nitrogens is 2. The van der Waals surface area contributed by atoms with E-state index >= 15 is 0 Å². The molecule has 1 aliphatic rings. The van der Waals surface area contributed by atoms with Crippen LogP contribution in [-0.2, 0) is 25.6 Å². The van der Waals surface area contributed by atoms with Crippen molar-refractivity contribution in [3.8, 4) is 0 Å². The normalized spacial score (nSPS) is 17.4. The van der Waals surface area contributed by atoms with Crippen molar-refractivity contribution in [2.24, 2.45) is 0 Å². The Kier molecular flexibility index (Phi) is 5.33. The molecule has 1 fully saturated rings. The van der Waals surface area contributed by atoms with Crippen molar-refractivity contribution < 1.29 is 19.1 Å². The molecule has 1 aromatic carbocycles. The minimum absolute atomic E-state index is 0.0359. The molecule has 1 aliphatic heterocycles. The maximum atomic E-state index is 12.3. The van der Waals surface area contributed by atoms with E-state index in [9.17, 15) is 9.59 Å². The lowest BCUT2D eigenvalue weighted by Crippen LogP contribution is -2.28. The van der Waals surface area contributed by atoms with E-state index in [1.807, 2.05) is 28.8 Å². The van der Waals surface area contributed by atoms with Crippen LogP contribution in [-0.4, -0.2) is 59.7 Å². The zero-order chi connectivity index (χ0) is 17.8. The van der Waals surface area contributed by atoms with Crippen molar-refractivity contribution in [3.63, 3.8) is 0 Å². The number of carbonyl (C=O) groups is 2. The monoisotopic (exact) mass is 345 g/mol. The van der Waals surface area contributed by atoms with Crippen molar-refractivity contribution in [1.29, 1.82) is 0 Å².